The number of halogens is 1. The topological polar surface area (TPSA) is 29.1 Å². The van der Waals surface area contributed by atoms with Crippen LogP contribution in [0.2, 0.25) is 0 Å². The van der Waals surface area contributed by atoms with Gasteiger partial charge in [-0.05, 0) is 29.2 Å². The Balaban J connectivity index is 2.25. The Morgan fingerprint density at radius 2 is 1.81 bits per heavy atom. The molecule has 0 aliphatic rings. The van der Waals surface area contributed by atoms with Crippen molar-refractivity contribution in [2.75, 3.05) is 6.54 Å². The number of hydrogen-bond donors (Lipinski definition) is 1. The Labute approximate surface area is 134 Å². The molecule has 0 radical (unpaired) electrons. The molecule has 3 heteroatoms. The molecule has 0 heterocycles. The molecular weight excluding hydrogens is 326 g/mol. The van der Waals surface area contributed by atoms with Crippen molar-refractivity contribution < 1.29 is 4.79 Å². The van der Waals surface area contributed by atoms with Gasteiger partial charge in [0.2, 0.25) is 0 Å². The van der Waals surface area contributed by atoms with Crippen molar-refractivity contribution in [2.45, 2.75) is 25.1 Å². The minimum Gasteiger partial charge on any atom is -0.352 e. The second-order valence-electron chi connectivity index (χ2n) is 4.99. The van der Waals surface area contributed by atoms with Crippen molar-refractivity contribution in [2.24, 2.45) is 0 Å². The second-order valence-corrected chi connectivity index (χ2v) is 5.55. The molecule has 2 rings (SSSR count). The van der Waals surface area contributed by atoms with Crippen LogP contribution >= 0.6 is 15.9 Å². The van der Waals surface area contributed by atoms with E-state index in [1.54, 1.807) is 0 Å². The fourth-order valence-corrected chi connectivity index (χ4v) is 2.55. The minimum absolute atomic E-state index is 0.00335. The number of amides is 1. The van der Waals surface area contributed by atoms with Crippen LogP contribution in [0, 0.1) is 0 Å². The van der Waals surface area contributed by atoms with Crippen LogP contribution in [0.4, 0.5) is 0 Å². The van der Waals surface area contributed by atoms with Crippen LogP contribution in [0.25, 0.3) is 11.1 Å². The number of nitrogens with one attached hydrogen (secondary N) is 1. The molecule has 0 unspecified atom stereocenters. The fourth-order valence-electron chi connectivity index (χ4n) is 2.18. The van der Waals surface area contributed by atoms with Crippen molar-refractivity contribution in [3.63, 3.8) is 0 Å². The van der Waals surface area contributed by atoms with Gasteiger partial charge in [0.25, 0.3) is 5.91 Å². The summed E-state index contributed by atoms with van der Waals surface area (Å²) in [5.74, 6) is 0.00335. The van der Waals surface area contributed by atoms with E-state index >= 15 is 0 Å². The first-order chi connectivity index (χ1) is 10.3. The van der Waals surface area contributed by atoms with E-state index in [2.05, 4.69) is 52.4 Å². The zero-order valence-electron chi connectivity index (χ0n) is 12.2. The van der Waals surface area contributed by atoms with Gasteiger partial charge in [-0.3, -0.25) is 4.79 Å². The lowest BCUT2D eigenvalue weighted by Gasteiger charge is -2.10. The molecule has 1 amide bonds. The summed E-state index contributed by atoms with van der Waals surface area (Å²) in [6, 6.07) is 16.0. The molecule has 2 aromatic rings. The van der Waals surface area contributed by atoms with Crippen molar-refractivity contribution in [1.29, 1.82) is 0 Å². The summed E-state index contributed by atoms with van der Waals surface area (Å²) in [4.78, 5) is 12.3. The maximum absolute atomic E-state index is 12.3. The zero-order chi connectivity index (χ0) is 15.1. The van der Waals surface area contributed by atoms with E-state index < -0.39 is 0 Å². The largest absolute Gasteiger partial charge is 0.352 e. The molecule has 110 valence electrons. The van der Waals surface area contributed by atoms with Gasteiger partial charge >= 0.3 is 0 Å². The van der Waals surface area contributed by atoms with E-state index in [1.807, 2.05) is 24.3 Å². The third kappa shape index (κ3) is 4.18. The van der Waals surface area contributed by atoms with Gasteiger partial charge in [0.15, 0.2) is 0 Å². The Kier molecular flexibility index (Phi) is 6.00. The van der Waals surface area contributed by atoms with Crippen LogP contribution in [0.1, 0.15) is 35.7 Å². The van der Waals surface area contributed by atoms with Gasteiger partial charge in [0.1, 0.15) is 0 Å². The summed E-state index contributed by atoms with van der Waals surface area (Å²) in [5, 5.41) is 3.83. The molecule has 2 aromatic carbocycles. The van der Waals surface area contributed by atoms with Gasteiger partial charge in [-0.15, -0.1) is 0 Å². The number of hydrogen-bond acceptors (Lipinski definition) is 1. The van der Waals surface area contributed by atoms with Gasteiger partial charge in [-0.1, -0.05) is 71.7 Å². The predicted molar refractivity (Wildman–Crippen MR) is 91.8 cm³/mol. The molecule has 0 saturated carbocycles. The van der Waals surface area contributed by atoms with Gasteiger partial charge in [-0.25, -0.2) is 0 Å². The molecule has 0 aromatic heterocycles. The van der Waals surface area contributed by atoms with E-state index in [9.17, 15) is 4.79 Å². The lowest BCUT2D eigenvalue weighted by Crippen LogP contribution is -2.24. The lowest BCUT2D eigenvalue weighted by molar-refractivity contribution is 0.0954. The monoisotopic (exact) mass is 345 g/mol. The first kappa shape index (κ1) is 15.8. The quantitative estimate of drug-likeness (QED) is 0.592. The molecule has 0 fully saturated rings. The molecule has 21 heavy (non-hydrogen) atoms. The summed E-state index contributed by atoms with van der Waals surface area (Å²) < 4.78 is 0. The highest BCUT2D eigenvalue weighted by Gasteiger charge is 2.11. The maximum atomic E-state index is 12.3. The summed E-state index contributed by atoms with van der Waals surface area (Å²) in [6.07, 6.45) is 2.09. The Morgan fingerprint density at radius 1 is 1.10 bits per heavy atom. The molecule has 2 nitrogen and oxygen atoms in total. The average molecular weight is 346 g/mol. The smallest absolute Gasteiger partial charge is 0.251 e. The van der Waals surface area contributed by atoms with E-state index in [0.29, 0.717) is 0 Å². The molecule has 0 saturated heterocycles. The van der Waals surface area contributed by atoms with Crippen molar-refractivity contribution >= 4 is 21.8 Å². The number of carbonyl (C=O) groups excluding carboxylic acids is 1. The van der Waals surface area contributed by atoms with Crippen molar-refractivity contribution in [1.82, 2.24) is 5.32 Å². The average Bonchev–Trinajstić information content (AvgIpc) is 2.55. The summed E-state index contributed by atoms with van der Waals surface area (Å²) in [7, 11) is 0. The van der Waals surface area contributed by atoms with Crippen LogP contribution in [0.5, 0.6) is 0 Å². The van der Waals surface area contributed by atoms with Crippen LogP contribution < -0.4 is 5.32 Å². The van der Waals surface area contributed by atoms with Crippen LogP contribution in [-0.4, -0.2) is 12.5 Å². The number of carbonyl (C=O) groups is 1. The van der Waals surface area contributed by atoms with Gasteiger partial charge in [0, 0.05) is 17.4 Å². The Bertz CT molecular complexity index is 592. The third-order valence-electron chi connectivity index (χ3n) is 3.41. The highest BCUT2D eigenvalue weighted by Crippen LogP contribution is 2.24. The van der Waals surface area contributed by atoms with Crippen molar-refractivity contribution in [3.8, 4) is 11.1 Å². The fraction of sp³-hybridized carbons (Fsp3) is 0.278. The van der Waals surface area contributed by atoms with Gasteiger partial charge < -0.3 is 5.32 Å². The Morgan fingerprint density at radius 3 is 2.48 bits per heavy atom. The number of unbranched alkanes of at least 4 members (excludes halogenated alkanes) is 1. The standard InChI is InChI=1S/C18H20BrNO/c1-2-3-12-20-18(21)17-7-5-4-6-16(17)15-10-8-14(13-19)9-11-15/h4-11H,2-3,12-13H2,1H3,(H,20,21). The van der Waals surface area contributed by atoms with E-state index in [0.717, 1.165) is 41.4 Å². The maximum Gasteiger partial charge on any atom is 0.251 e. The van der Waals surface area contributed by atoms with Crippen LogP contribution in [0.15, 0.2) is 48.5 Å². The number of alkyl halides is 1. The molecule has 0 spiro atoms. The van der Waals surface area contributed by atoms with E-state index in [-0.39, 0.29) is 5.91 Å². The normalized spacial score (nSPS) is 10.4. The first-order valence-electron chi connectivity index (χ1n) is 7.28. The second kappa shape index (κ2) is 7.99. The summed E-state index contributed by atoms with van der Waals surface area (Å²) in [5.41, 5.74) is 4.01. The lowest BCUT2D eigenvalue weighted by atomic mass is 9.98. The van der Waals surface area contributed by atoms with Crippen LogP contribution in [0.3, 0.4) is 0 Å². The molecule has 0 bridgehead atoms. The highest BCUT2D eigenvalue weighted by molar-refractivity contribution is 9.08. The molecular formula is C18H20BrNO. The minimum atomic E-state index is 0.00335. The first-order valence-corrected chi connectivity index (χ1v) is 8.41. The zero-order valence-corrected chi connectivity index (χ0v) is 13.8. The van der Waals surface area contributed by atoms with Gasteiger partial charge in [-0.2, -0.15) is 0 Å². The Hall–Kier alpha value is -1.61. The molecule has 0 aliphatic carbocycles. The van der Waals surface area contributed by atoms with E-state index in [4.69, 9.17) is 0 Å². The summed E-state index contributed by atoms with van der Waals surface area (Å²) >= 11 is 3.45. The third-order valence-corrected chi connectivity index (χ3v) is 4.05. The highest BCUT2D eigenvalue weighted by atomic mass is 79.9. The van der Waals surface area contributed by atoms with Crippen LogP contribution in [-0.2, 0) is 5.33 Å². The summed E-state index contributed by atoms with van der Waals surface area (Å²) in [6.45, 7) is 2.84. The molecule has 0 aliphatic heterocycles. The van der Waals surface area contributed by atoms with Gasteiger partial charge in [0.05, 0.1) is 0 Å². The number of rotatable bonds is 6. The molecule has 1 N–H and O–H groups in total. The van der Waals surface area contributed by atoms with Crippen molar-refractivity contribution in [3.05, 3.63) is 59.7 Å². The SMILES string of the molecule is CCCCNC(=O)c1ccccc1-c1ccc(CBr)cc1. The predicted octanol–water partition coefficient (Wildman–Crippen LogP) is 4.78. The van der Waals surface area contributed by atoms with E-state index in [1.165, 1.54) is 5.56 Å². The number of benzene rings is 2. The molecule has 0 atom stereocenters.